The van der Waals surface area contributed by atoms with Crippen LogP contribution in [0.5, 0.6) is 0 Å². The van der Waals surface area contributed by atoms with Gasteiger partial charge in [-0.15, -0.1) is 0 Å². The van der Waals surface area contributed by atoms with Crippen LogP contribution in [0.25, 0.3) is 0 Å². The van der Waals surface area contributed by atoms with Crippen LogP contribution in [0.15, 0.2) is 42.5 Å². The number of rotatable bonds is 5. The molecular weight excluding hydrogens is 394 g/mol. The Kier molecular flexibility index (Phi) is 5.08. The zero-order valence-corrected chi connectivity index (χ0v) is 17.8. The highest BCUT2D eigenvalue weighted by atomic mass is 16.5. The van der Waals surface area contributed by atoms with Gasteiger partial charge >= 0.3 is 0 Å². The summed E-state index contributed by atoms with van der Waals surface area (Å²) in [7, 11) is 1.57. The molecule has 1 aliphatic carbocycles. The van der Waals surface area contributed by atoms with Gasteiger partial charge in [0.15, 0.2) is 0 Å². The normalized spacial score (nSPS) is 34.1. The molecule has 2 saturated heterocycles. The fourth-order valence-electron chi connectivity index (χ4n) is 5.91. The van der Waals surface area contributed by atoms with Crippen molar-refractivity contribution in [3.8, 4) is 0 Å². The molecule has 5 atom stereocenters. The number of hydrogen-bond donors (Lipinski definition) is 2. The van der Waals surface area contributed by atoms with Crippen LogP contribution in [0.4, 0.5) is 0 Å². The van der Waals surface area contributed by atoms with Crippen LogP contribution in [0, 0.1) is 11.8 Å². The number of hydrogen-bond acceptors (Lipinski definition) is 4. The van der Waals surface area contributed by atoms with Crippen LogP contribution in [0.3, 0.4) is 0 Å². The molecule has 1 aromatic rings. The van der Waals surface area contributed by atoms with Crippen molar-refractivity contribution in [1.29, 1.82) is 0 Å². The Morgan fingerprint density at radius 1 is 1.13 bits per heavy atom. The van der Waals surface area contributed by atoms with Gasteiger partial charge in [0.25, 0.3) is 0 Å². The van der Waals surface area contributed by atoms with Gasteiger partial charge in [-0.05, 0) is 18.4 Å². The number of benzene rings is 1. The molecule has 3 fully saturated rings. The highest BCUT2D eigenvalue weighted by molar-refractivity contribution is 5.99. The van der Waals surface area contributed by atoms with Gasteiger partial charge in [0.05, 0.1) is 17.9 Å². The second kappa shape index (κ2) is 7.79. The number of likely N-dealkylation sites (tertiary alicyclic amines) is 1. The molecule has 2 bridgehead atoms. The fraction of sp³-hybridized carbons (Fsp3) is 0.542. The van der Waals surface area contributed by atoms with Gasteiger partial charge in [0, 0.05) is 19.6 Å². The Balaban J connectivity index is 1.50. The molecule has 4 aliphatic rings. The van der Waals surface area contributed by atoms with Gasteiger partial charge in [0.2, 0.25) is 17.7 Å². The monoisotopic (exact) mass is 423 g/mol. The maximum atomic E-state index is 13.7. The molecule has 1 saturated carbocycles. The lowest BCUT2D eigenvalue weighted by atomic mass is 9.74. The summed E-state index contributed by atoms with van der Waals surface area (Å²) in [5.41, 5.74) is -0.148. The molecule has 3 aliphatic heterocycles. The molecule has 3 heterocycles. The second-order valence-corrected chi connectivity index (χ2v) is 9.11. The molecule has 0 aromatic heterocycles. The molecule has 2 N–H and O–H groups in total. The zero-order valence-electron chi connectivity index (χ0n) is 17.8. The van der Waals surface area contributed by atoms with E-state index < -0.39 is 29.6 Å². The molecule has 31 heavy (non-hydrogen) atoms. The van der Waals surface area contributed by atoms with Gasteiger partial charge in [0.1, 0.15) is 11.6 Å². The summed E-state index contributed by atoms with van der Waals surface area (Å²) in [5, 5.41) is 5.87. The summed E-state index contributed by atoms with van der Waals surface area (Å²) in [6, 6.07) is 8.98. The number of carbonyl (C=O) groups excluding carboxylic acids is 3. The maximum Gasteiger partial charge on any atom is 0.246 e. The predicted molar refractivity (Wildman–Crippen MR) is 114 cm³/mol. The average Bonchev–Trinajstić information content (AvgIpc) is 3.42. The molecule has 7 nitrogen and oxygen atoms in total. The molecule has 0 unspecified atom stereocenters. The summed E-state index contributed by atoms with van der Waals surface area (Å²) in [6.45, 7) is 0.309. The first kappa shape index (κ1) is 20.2. The molecule has 164 valence electrons. The van der Waals surface area contributed by atoms with Crippen molar-refractivity contribution in [2.24, 2.45) is 11.8 Å². The predicted octanol–water partition coefficient (Wildman–Crippen LogP) is 1.53. The molecular formula is C24H29N3O4. The van der Waals surface area contributed by atoms with Crippen LogP contribution in [-0.4, -0.2) is 53.5 Å². The first-order valence-electron chi connectivity index (χ1n) is 11.3. The minimum absolute atomic E-state index is 0.127. The summed E-state index contributed by atoms with van der Waals surface area (Å²) in [5.74, 6) is -1.89. The van der Waals surface area contributed by atoms with Crippen LogP contribution in [0.1, 0.15) is 37.7 Å². The number of ether oxygens (including phenoxy) is 1. The van der Waals surface area contributed by atoms with E-state index in [1.165, 1.54) is 6.42 Å². The number of carbonyl (C=O) groups is 3. The van der Waals surface area contributed by atoms with Crippen LogP contribution < -0.4 is 10.6 Å². The van der Waals surface area contributed by atoms with Crippen molar-refractivity contribution >= 4 is 17.7 Å². The van der Waals surface area contributed by atoms with E-state index in [1.807, 2.05) is 42.5 Å². The van der Waals surface area contributed by atoms with Gasteiger partial charge in [-0.25, -0.2) is 0 Å². The Morgan fingerprint density at radius 3 is 2.58 bits per heavy atom. The van der Waals surface area contributed by atoms with E-state index in [4.69, 9.17) is 4.74 Å². The first-order valence-corrected chi connectivity index (χ1v) is 11.3. The van der Waals surface area contributed by atoms with Gasteiger partial charge < -0.3 is 20.3 Å². The Morgan fingerprint density at radius 2 is 1.87 bits per heavy atom. The Hall–Kier alpha value is -2.67. The van der Waals surface area contributed by atoms with E-state index in [9.17, 15) is 14.4 Å². The van der Waals surface area contributed by atoms with E-state index in [-0.39, 0.29) is 23.8 Å². The molecule has 3 amide bonds. The van der Waals surface area contributed by atoms with Crippen LogP contribution in [-0.2, 0) is 25.7 Å². The van der Waals surface area contributed by atoms with Crippen molar-refractivity contribution in [3.63, 3.8) is 0 Å². The smallest absolute Gasteiger partial charge is 0.246 e. The summed E-state index contributed by atoms with van der Waals surface area (Å²) in [6.07, 6.45) is 8.55. The van der Waals surface area contributed by atoms with E-state index in [0.717, 1.165) is 31.2 Å². The molecule has 1 aromatic carbocycles. The van der Waals surface area contributed by atoms with Crippen molar-refractivity contribution < 1.29 is 19.1 Å². The van der Waals surface area contributed by atoms with E-state index >= 15 is 0 Å². The minimum atomic E-state index is -1.09. The lowest BCUT2D eigenvalue weighted by Crippen LogP contribution is -2.56. The summed E-state index contributed by atoms with van der Waals surface area (Å²) >= 11 is 0. The van der Waals surface area contributed by atoms with Crippen molar-refractivity contribution in [2.75, 3.05) is 7.05 Å². The van der Waals surface area contributed by atoms with Crippen LogP contribution >= 0.6 is 0 Å². The van der Waals surface area contributed by atoms with Gasteiger partial charge in [-0.1, -0.05) is 61.7 Å². The standard InChI is InChI=1S/C24H29N3O4/c1-25-21(28)18-17-12-13-24(31-17)19(18)23(30)27(14-15-8-4-2-5-9-15)20(24)22(29)26-16-10-6-3-7-11-16/h2,4-5,8-9,12-13,16-20H,3,6-7,10-11,14H2,1H3,(H,25,28)(H,26,29)/t17-,18+,19-,20+,24-/m0/s1. The Bertz CT molecular complexity index is 911. The van der Waals surface area contributed by atoms with Gasteiger partial charge in [-0.2, -0.15) is 0 Å². The number of nitrogens with zero attached hydrogens (tertiary/aromatic N) is 1. The molecule has 1 spiro atoms. The minimum Gasteiger partial charge on any atom is -0.359 e. The third-order valence-corrected chi connectivity index (χ3v) is 7.32. The molecule has 5 rings (SSSR count). The van der Waals surface area contributed by atoms with Crippen LogP contribution in [0.2, 0.25) is 0 Å². The quantitative estimate of drug-likeness (QED) is 0.703. The van der Waals surface area contributed by atoms with Crippen molar-refractivity contribution in [2.45, 2.75) is 62.4 Å². The largest absolute Gasteiger partial charge is 0.359 e. The second-order valence-electron chi connectivity index (χ2n) is 9.11. The fourth-order valence-corrected chi connectivity index (χ4v) is 5.91. The first-order chi connectivity index (χ1) is 15.0. The third kappa shape index (κ3) is 3.17. The summed E-state index contributed by atoms with van der Waals surface area (Å²) in [4.78, 5) is 41.6. The number of amides is 3. The highest BCUT2D eigenvalue weighted by Crippen LogP contribution is 2.55. The SMILES string of the molecule is CNC(=O)[C@@H]1[C@@H]2C=C[C@]3(O2)[C@@H]1C(=O)N(Cc1ccccc1)[C@@H]3C(=O)NC1CCCCC1. The van der Waals surface area contributed by atoms with Gasteiger partial charge in [-0.3, -0.25) is 14.4 Å². The topological polar surface area (TPSA) is 87.7 Å². The zero-order chi connectivity index (χ0) is 21.6. The average molecular weight is 424 g/mol. The highest BCUT2D eigenvalue weighted by Gasteiger charge is 2.72. The number of nitrogens with one attached hydrogen (secondary N) is 2. The maximum absolute atomic E-state index is 13.7. The van der Waals surface area contributed by atoms with E-state index in [0.29, 0.717) is 6.54 Å². The number of fused-ring (bicyclic) bond motifs is 1. The van der Waals surface area contributed by atoms with Crippen molar-refractivity contribution in [1.82, 2.24) is 15.5 Å². The molecule has 0 radical (unpaired) electrons. The summed E-state index contributed by atoms with van der Waals surface area (Å²) < 4.78 is 6.29. The third-order valence-electron chi connectivity index (χ3n) is 7.32. The lowest BCUT2D eigenvalue weighted by Gasteiger charge is -2.34. The van der Waals surface area contributed by atoms with Crippen molar-refractivity contribution in [3.05, 3.63) is 48.0 Å². The molecule has 7 heteroatoms. The van der Waals surface area contributed by atoms with E-state index in [2.05, 4.69) is 10.6 Å². The lowest BCUT2D eigenvalue weighted by molar-refractivity contribution is -0.142. The van der Waals surface area contributed by atoms with E-state index in [1.54, 1.807) is 11.9 Å². The Labute approximate surface area is 182 Å².